The van der Waals surface area contributed by atoms with Gasteiger partial charge in [-0.3, -0.25) is 0 Å². The summed E-state index contributed by atoms with van der Waals surface area (Å²) in [5, 5.41) is 0. The van der Waals surface area contributed by atoms with Crippen molar-refractivity contribution in [1.29, 1.82) is 0 Å². The van der Waals surface area contributed by atoms with Gasteiger partial charge in [0.1, 0.15) is 5.75 Å². The molecule has 0 bridgehead atoms. The standard InChI is InChI=1S/C13H21NO2/c1-13(2,14)8-10-5-6-12(16-4)7-11(10)9-15-3/h5-7H,8-9,14H2,1-4H3. The van der Waals surface area contributed by atoms with Gasteiger partial charge in [0, 0.05) is 12.6 Å². The van der Waals surface area contributed by atoms with Crippen molar-refractivity contribution in [2.45, 2.75) is 32.4 Å². The summed E-state index contributed by atoms with van der Waals surface area (Å²) in [6.07, 6.45) is 0.829. The molecule has 0 heterocycles. The van der Waals surface area contributed by atoms with Crippen molar-refractivity contribution in [2.24, 2.45) is 5.73 Å². The van der Waals surface area contributed by atoms with E-state index >= 15 is 0 Å². The average Bonchev–Trinajstić information content (AvgIpc) is 2.19. The Kier molecular flexibility index (Phi) is 4.33. The molecule has 16 heavy (non-hydrogen) atoms. The molecule has 0 saturated heterocycles. The molecule has 1 rings (SSSR count). The Hall–Kier alpha value is -1.06. The minimum atomic E-state index is -0.211. The number of hydrogen-bond donors (Lipinski definition) is 1. The molecular formula is C13H21NO2. The van der Waals surface area contributed by atoms with E-state index in [4.69, 9.17) is 15.2 Å². The molecule has 0 fully saturated rings. The van der Waals surface area contributed by atoms with Crippen molar-refractivity contribution in [2.75, 3.05) is 14.2 Å². The van der Waals surface area contributed by atoms with Crippen LogP contribution in [0.4, 0.5) is 0 Å². The first-order valence-corrected chi connectivity index (χ1v) is 5.40. The lowest BCUT2D eigenvalue weighted by molar-refractivity contribution is 0.183. The predicted octanol–water partition coefficient (Wildman–Crippen LogP) is 2.12. The number of nitrogens with two attached hydrogens (primary N) is 1. The minimum Gasteiger partial charge on any atom is -0.497 e. The van der Waals surface area contributed by atoms with Crippen LogP contribution in [0.5, 0.6) is 5.75 Å². The maximum Gasteiger partial charge on any atom is 0.119 e. The van der Waals surface area contributed by atoms with E-state index in [1.54, 1.807) is 14.2 Å². The Balaban J connectivity index is 2.98. The maximum absolute atomic E-state index is 6.03. The normalized spacial score (nSPS) is 11.6. The quantitative estimate of drug-likeness (QED) is 0.831. The number of ether oxygens (including phenoxy) is 2. The molecule has 3 heteroatoms. The molecule has 0 aliphatic carbocycles. The molecule has 0 amide bonds. The summed E-state index contributed by atoms with van der Waals surface area (Å²) < 4.78 is 10.4. The molecule has 3 nitrogen and oxygen atoms in total. The predicted molar refractivity (Wildman–Crippen MR) is 65.7 cm³/mol. The number of hydrogen-bond acceptors (Lipinski definition) is 3. The van der Waals surface area contributed by atoms with E-state index in [-0.39, 0.29) is 5.54 Å². The Morgan fingerprint density at radius 3 is 2.38 bits per heavy atom. The molecule has 0 aromatic heterocycles. The zero-order valence-electron chi connectivity index (χ0n) is 10.5. The van der Waals surface area contributed by atoms with Crippen LogP contribution < -0.4 is 10.5 Å². The van der Waals surface area contributed by atoms with Crippen molar-refractivity contribution in [3.05, 3.63) is 29.3 Å². The highest BCUT2D eigenvalue weighted by molar-refractivity contribution is 5.36. The first kappa shape index (κ1) is 13.0. The second kappa shape index (κ2) is 5.32. The Morgan fingerprint density at radius 1 is 1.19 bits per heavy atom. The fourth-order valence-corrected chi connectivity index (χ4v) is 1.68. The molecule has 0 aliphatic heterocycles. The van der Waals surface area contributed by atoms with Crippen LogP contribution in [0.1, 0.15) is 25.0 Å². The first-order chi connectivity index (χ1) is 7.46. The van der Waals surface area contributed by atoms with Crippen LogP contribution in [0, 0.1) is 0 Å². The van der Waals surface area contributed by atoms with Gasteiger partial charge in [0.2, 0.25) is 0 Å². The van der Waals surface area contributed by atoms with Crippen molar-refractivity contribution in [1.82, 2.24) is 0 Å². The van der Waals surface area contributed by atoms with Gasteiger partial charge < -0.3 is 15.2 Å². The summed E-state index contributed by atoms with van der Waals surface area (Å²) in [7, 11) is 3.36. The zero-order chi connectivity index (χ0) is 12.2. The van der Waals surface area contributed by atoms with E-state index in [2.05, 4.69) is 6.07 Å². The van der Waals surface area contributed by atoms with Crippen molar-refractivity contribution in [3.8, 4) is 5.75 Å². The molecule has 0 spiro atoms. The summed E-state index contributed by atoms with van der Waals surface area (Å²) in [5.41, 5.74) is 8.18. The largest absolute Gasteiger partial charge is 0.497 e. The van der Waals surface area contributed by atoms with Crippen molar-refractivity contribution >= 4 is 0 Å². The third-order valence-electron chi connectivity index (χ3n) is 2.36. The van der Waals surface area contributed by atoms with Crippen LogP contribution in [0.2, 0.25) is 0 Å². The van der Waals surface area contributed by atoms with Gasteiger partial charge in [-0.15, -0.1) is 0 Å². The van der Waals surface area contributed by atoms with Gasteiger partial charge >= 0.3 is 0 Å². The number of benzene rings is 1. The second-order valence-corrected chi connectivity index (χ2v) is 4.73. The highest BCUT2D eigenvalue weighted by Crippen LogP contribution is 2.21. The van der Waals surface area contributed by atoms with Crippen LogP contribution in [-0.4, -0.2) is 19.8 Å². The van der Waals surface area contributed by atoms with Gasteiger partial charge in [-0.05, 0) is 43.5 Å². The first-order valence-electron chi connectivity index (χ1n) is 5.40. The molecule has 0 radical (unpaired) electrons. The van der Waals surface area contributed by atoms with Crippen LogP contribution in [0.25, 0.3) is 0 Å². The van der Waals surface area contributed by atoms with E-state index in [0.717, 1.165) is 17.7 Å². The van der Waals surface area contributed by atoms with E-state index in [1.807, 2.05) is 26.0 Å². The van der Waals surface area contributed by atoms with Gasteiger partial charge in [0.15, 0.2) is 0 Å². The summed E-state index contributed by atoms with van der Waals surface area (Å²) in [5.74, 6) is 0.852. The minimum absolute atomic E-state index is 0.211. The number of methoxy groups -OCH3 is 2. The van der Waals surface area contributed by atoms with E-state index < -0.39 is 0 Å². The smallest absolute Gasteiger partial charge is 0.119 e. The lowest BCUT2D eigenvalue weighted by Gasteiger charge is -2.21. The molecule has 0 saturated carbocycles. The lowest BCUT2D eigenvalue weighted by Crippen LogP contribution is -2.34. The fourth-order valence-electron chi connectivity index (χ4n) is 1.68. The van der Waals surface area contributed by atoms with Gasteiger partial charge in [-0.2, -0.15) is 0 Å². The van der Waals surface area contributed by atoms with Gasteiger partial charge in [0.25, 0.3) is 0 Å². The molecule has 1 aromatic carbocycles. The Morgan fingerprint density at radius 2 is 1.88 bits per heavy atom. The topological polar surface area (TPSA) is 44.5 Å². The molecular weight excluding hydrogens is 202 g/mol. The molecule has 0 atom stereocenters. The zero-order valence-corrected chi connectivity index (χ0v) is 10.5. The molecule has 1 aromatic rings. The third kappa shape index (κ3) is 3.83. The van der Waals surface area contributed by atoms with E-state index in [0.29, 0.717) is 6.61 Å². The SMILES string of the molecule is COCc1cc(OC)ccc1CC(C)(C)N. The van der Waals surface area contributed by atoms with Crippen LogP contribution in [-0.2, 0) is 17.8 Å². The molecule has 0 aliphatic rings. The van der Waals surface area contributed by atoms with Crippen molar-refractivity contribution < 1.29 is 9.47 Å². The van der Waals surface area contributed by atoms with Gasteiger partial charge in [-0.25, -0.2) is 0 Å². The van der Waals surface area contributed by atoms with Gasteiger partial charge in [-0.1, -0.05) is 6.07 Å². The van der Waals surface area contributed by atoms with E-state index in [1.165, 1.54) is 5.56 Å². The monoisotopic (exact) mass is 223 g/mol. The van der Waals surface area contributed by atoms with Gasteiger partial charge in [0.05, 0.1) is 13.7 Å². The highest BCUT2D eigenvalue weighted by atomic mass is 16.5. The second-order valence-electron chi connectivity index (χ2n) is 4.73. The van der Waals surface area contributed by atoms with Crippen molar-refractivity contribution in [3.63, 3.8) is 0 Å². The molecule has 90 valence electrons. The summed E-state index contributed by atoms with van der Waals surface area (Å²) in [6, 6.07) is 6.02. The third-order valence-corrected chi connectivity index (χ3v) is 2.36. The van der Waals surface area contributed by atoms with Crippen LogP contribution in [0.3, 0.4) is 0 Å². The molecule has 0 unspecified atom stereocenters. The Bertz CT molecular complexity index is 342. The highest BCUT2D eigenvalue weighted by Gasteiger charge is 2.14. The van der Waals surface area contributed by atoms with Crippen LogP contribution >= 0.6 is 0 Å². The maximum atomic E-state index is 6.03. The fraction of sp³-hybridized carbons (Fsp3) is 0.538. The summed E-state index contributed by atoms with van der Waals surface area (Å²) in [4.78, 5) is 0. The number of rotatable bonds is 5. The summed E-state index contributed by atoms with van der Waals surface area (Å²) >= 11 is 0. The lowest BCUT2D eigenvalue weighted by atomic mass is 9.93. The summed E-state index contributed by atoms with van der Waals surface area (Å²) in [6.45, 7) is 4.63. The average molecular weight is 223 g/mol. The Labute approximate surface area is 97.6 Å². The van der Waals surface area contributed by atoms with Crippen LogP contribution in [0.15, 0.2) is 18.2 Å². The van der Waals surface area contributed by atoms with E-state index in [9.17, 15) is 0 Å². The molecule has 2 N–H and O–H groups in total.